The number of ether oxygens (including phenoxy) is 4. The maximum absolute atomic E-state index is 15.3. The molecule has 3 aromatic carbocycles. The Hall–Kier alpha value is -6.06. The average Bonchev–Trinajstić information content (AvgIpc) is 3.11. The molecule has 3 heterocycles. The zero-order valence-corrected chi connectivity index (χ0v) is 26.8. The quantitative estimate of drug-likeness (QED) is 0.108. The number of imide groups is 2. The van der Waals surface area contributed by atoms with Crippen LogP contribution >= 0.6 is 0 Å². The number of amides is 4. The lowest BCUT2D eigenvalue weighted by Gasteiger charge is -2.26. The third kappa shape index (κ3) is 7.48. The maximum Gasteiger partial charge on any atom is 0.335 e. The molecule has 2 saturated heterocycles. The van der Waals surface area contributed by atoms with E-state index in [1.165, 1.54) is 43.6 Å². The largest absolute Gasteiger partial charge is 0.493 e. The van der Waals surface area contributed by atoms with Gasteiger partial charge in [0.1, 0.15) is 11.3 Å². The number of hydrogen-bond donors (Lipinski definition) is 3. The van der Waals surface area contributed by atoms with E-state index in [1.807, 2.05) is 5.32 Å². The molecule has 0 atom stereocenters. The molecule has 0 bridgehead atoms. The molecule has 4 aromatic rings. The lowest BCUT2D eigenvalue weighted by atomic mass is 10.1. The van der Waals surface area contributed by atoms with E-state index in [2.05, 4.69) is 15.2 Å². The van der Waals surface area contributed by atoms with E-state index < -0.39 is 35.2 Å². The van der Waals surface area contributed by atoms with Crippen LogP contribution in [-0.2, 0) is 14.3 Å². The third-order valence-corrected chi connectivity index (χ3v) is 7.95. The van der Waals surface area contributed by atoms with Gasteiger partial charge in [0.2, 0.25) is 0 Å². The summed E-state index contributed by atoms with van der Waals surface area (Å²) in [6.45, 7) is 4.65. The number of morpholine rings is 1. The van der Waals surface area contributed by atoms with E-state index >= 15 is 4.39 Å². The number of urea groups is 1. The minimum absolute atomic E-state index is 0.0529. The van der Waals surface area contributed by atoms with Crippen molar-refractivity contribution in [1.29, 1.82) is 0 Å². The Labute approximate surface area is 285 Å². The number of pyridine rings is 1. The molecule has 0 unspecified atom stereocenters. The van der Waals surface area contributed by atoms with Crippen LogP contribution in [0.15, 0.2) is 78.6 Å². The molecule has 2 fully saturated rings. The number of rotatable bonds is 12. The number of aromatic nitrogens is 1. The van der Waals surface area contributed by atoms with Gasteiger partial charge in [-0.3, -0.25) is 24.8 Å². The Morgan fingerprint density at radius 1 is 1.04 bits per heavy atom. The summed E-state index contributed by atoms with van der Waals surface area (Å²) in [6, 6.07) is 13.1. The molecule has 6 rings (SSSR count). The van der Waals surface area contributed by atoms with Gasteiger partial charge in [0.25, 0.3) is 11.8 Å². The van der Waals surface area contributed by atoms with Crippen molar-refractivity contribution in [3.05, 3.63) is 90.0 Å². The lowest BCUT2D eigenvalue weighted by Crippen LogP contribution is -2.54. The number of barbiturate groups is 1. The molecule has 3 N–H and O–H groups in total. The van der Waals surface area contributed by atoms with Crippen LogP contribution in [0, 0.1) is 5.82 Å². The SMILES string of the molecule is COc1cc2c(Oc3ccc(N/C=C4\C(=O)NC(=O)N(c5cccc(C(=O)O)c5)C4=O)cc3F)ccnc2cc1OCCCN1CCOCC1. The van der Waals surface area contributed by atoms with Crippen LogP contribution in [0.5, 0.6) is 23.0 Å². The number of aromatic carboxylic acids is 1. The fourth-order valence-corrected chi connectivity index (χ4v) is 5.40. The zero-order valence-electron chi connectivity index (χ0n) is 26.8. The van der Waals surface area contributed by atoms with Crippen LogP contribution in [0.1, 0.15) is 16.8 Å². The second-order valence-electron chi connectivity index (χ2n) is 11.2. The summed E-state index contributed by atoms with van der Waals surface area (Å²) >= 11 is 0. The van der Waals surface area contributed by atoms with Gasteiger partial charge in [0.05, 0.1) is 43.7 Å². The Morgan fingerprint density at radius 3 is 2.62 bits per heavy atom. The number of carbonyl (C=O) groups is 4. The van der Waals surface area contributed by atoms with Gasteiger partial charge in [-0.15, -0.1) is 0 Å². The molecular formula is C35H32FN5O9. The first kappa shape index (κ1) is 33.8. The molecular weight excluding hydrogens is 653 g/mol. The van der Waals surface area contributed by atoms with Crippen LogP contribution in [0.4, 0.5) is 20.6 Å². The maximum atomic E-state index is 15.3. The molecule has 0 radical (unpaired) electrons. The van der Waals surface area contributed by atoms with Gasteiger partial charge in [-0.25, -0.2) is 18.9 Å². The Morgan fingerprint density at radius 2 is 1.86 bits per heavy atom. The van der Waals surface area contributed by atoms with Crippen molar-refractivity contribution in [3.63, 3.8) is 0 Å². The Balaban J connectivity index is 1.14. The van der Waals surface area contributed by atoms with Crippen LogP contribution in [-0.4, -0.2) is 85.4 Å². The van der Waals surface area contributed by atoms with Crippen molar-refractivity contribution < 1.29 is 47.6 Å². The molecule has 4 amide bonds. The average molecular weight is 686 g/mol. The smallest absolute Gasteiger partial charge is 0.335 e. The monoisotopic (exact) mass is 685 g/mol. The Bertz CT molecular complexity index is 2000. The topological polar surface area (TPSA) is 169 Å². The second kappa shape index (κ2) is 15.0. The normalized spacial score (nSPS) is 16.0. The van der Waals surface area contributed by atoms with E-state index in [0.717, 1.165) is 57.6 Å². The van der Waals surface area contributed by atoms with E-state index in [9.17, 15) is 24.3 Å². The fourth-order valence-electron chi connectivity index (χ4n) is 5.40. The number of halogens is 1. The molecule has 2 aliphatic rings. The van der Waals surface area contributed by atoms with Crippen molar-refractivity contribution in [2.45, 2.75) is 6.42 Å². The first-order chi connectivity index (χ1) is 24.2. The fraction of sp³-hybridized carbons (Fsp3) is 0.229. The minimum atomic E-state index is -1.26. The zero-order chi connectivity index (χ0) is 35.2. The van der Waals surface area contributed by atoms with Crippen LogP contribution in [0.3, 0.4) is 0 Å². The summed E-state index contributed by atoms with van der Waals surface area (Å²) in [5.41, 5.74) is 0.0294. The number of benzene rings is 3. The summed E-state index contributed by atoms with van der Waals surface area (Å²) in [5, 5.41) is 14.6. The van der Waals surface area contributed by atoms with Gasteiger partial charge in [0.15, 0.2) is 23.1 Å². The van der Waals surface area contributed by atoms with Crippen molar-refractivity contribution in [3.8, 4) is 23.0 Å². The first-order valence-electron chi connectivity index (χ1n) is 15.6. The predicted molar refractivity (Wildman–Crippen MR) is 178 cm³/mol. The number of carboxylic acids is 1. The molecule has 2 aliphatic heterocycles. The number of fused-ring (bicyclic) bond motifs is 1. The van der Waals surface area contributed by atoms with E-state index in [1.54, 1.807) is 18.2 Å². The van der Waals surface area contributed by atoms with E-state index in [0.29, 0.717) is 39.7 Å². The van der Waals surface area contributed by atoms with Crippen LogP contribution in [0.25, 0.3) is 10.9 Å². The van der Waals surface area contributed by atoms with Crippen LogP contribution in [0.2, 0.25) is 0 Å². The molecule has 1 aromatic heterocycles. The number of anilines is 2. The molecule has 14 nitrogen and oxygen atoms in total. The van der Waals surface area contributed by atoms with Crippen molar-refractivity contribution in [1.82, 2.24) is 15.2 Å². The highest BCUT2D eigenvalue weighted by atomic mass is 19.1. The molecule has 50 heavy (non-hydrogen) atoms. The number of nitrogens with zero attached hydrogens (tertiary/aromatic N) is 3. The Kier molecular flexibility index (Phi) is 10.2. The van der Waals surface area contributed by atoms with Gasteiger partial charge < -0.3 is 29.4 Å². The molecule has 258 valence electrons. The van der Waals surface area contributed by atoms with E-state index in [-0.39, 0.29) is 22.7 Å². The molecule has 0 aliphatic carbocycles. The van der Waals surface area contributed by atoms with Crippen molar-refractivity contribution in [2.24, 2.45) is 0 Å². The van der Waals surface area contributed by atoms with Gasteiger partial charge in [0, 0.05) is 55.2 Å². The summed E-state index contributed by atoms with van der Waals surface area (Å²) in [4.78, 5) is 56.9. The third-order valence-electron chi connectivity index (χ3n) is 7.95. The summed E-state index contributed by atoms with van der Waals surface area (Å²) < 4.78 is 38.2. The number of nitrogens with one attached hydrogen (secondary N) is 2. The molecule has 15 heteroatoms. The van der Waals surface area contributed by atoms with Crippen molar-refractivity contribution >= 4 is 46.1 Å². The number of hydrogen-bond acceptors (Lipinski definition) is 11. The summed E-state index contributed by atoms with van der Waals surface area (Å²) in [5.74, 6) is -2.82. The first-order valence-corrected chi connectivity index (χ1v) is 15.6. The van der Waals surface area contributed by atoms with Gasteiger partial charge in [-0.2, -0.15) is 0 Å². The van der Waals surface area contributed by atoms with Crippen molar-refractivity contribution in [2.75, 3.05) is 56.8 Å². The molecule has 0 spiro atoms. The second-order valence-corrected chi connectivity index (χ2v) is 11.2. The van der Waals surface area contributed by atoms with Crippen LogP contribution < -0.4 is 29.7 Å². The summed E-state index contributed by atoms with van der Waals surface area (Å²) in [6.07, 6.45) is 3.38. The van der Waals surface area contributed by atoms with Gasteiger partial charge >= 0.3 is 12.0 Å². The predicted octanol–water partition coefficient (Wildman–Crippen LogP) is 4.55. The standard InChI is InChI=1S/C35H32FN5O9/c1-47-30-18-24-27(19-31(30)49-13-3-10-40-11-14-48-15-12-40)37-9-8-28(24)50-29-7-6-22(17-26(29)36)38-20-25-32(42)39-35(46)41(33(25)43)23-5-2-4-21(16-23)34(44)45/h2,4-9,16-20,38H,3,10-15H2,1H3,(H,44,45)(H,39,42,46)/b25-20+. The lowest BCUT2D eigenvalue weighted by molar-refractivity contribution is -0.122. The summed E-state index contributed by atoms with van der Waals surface area (Å²) in [7, 11) is 1.52. The number of methoxy groups -OCH3 is 1. The highest BCUT2D eigenvalue weighted by molar-refractivity contribution is 6.37. The molecule has 0 saturated carbocycles. The van der Waals surface area contributed by atoms with Gasteiger partial charge in [-0.1, -0.05) is 6.07 Å². The highest BCUT2D eigenvalue weighted by Crippen LogP contribution is 2.38. The van der Waals surface area contributed by atoms with E-state index in [4.69, 9.17) is 18.9 Å². The number of carbonyl (C=O) groups excluding carboxylic acids is 3. The minimum Gasteiger partial charge on any atom is -0.493 e. The number of carboxylic acid groups (broad SMARTS) is 1. The highest BCUT2D eigenvalue weighted by Gasteiger charge is 2.37. The van der Waals surface area contributed by atoms with Gasteiger partial charge in [-0.05, 0) is 48.9 Å².